The molecular weight excluding hydrogens is 182 g/mol. The minimum atomic E-state index is -0.937. The van der Waals surface area contributed by atoms with Crippen molar-refractivity contribution in [3.8, 4) is 5.75 Å². The van der Waals surface area contributed by atoms with Crippen molar-refractivity contribution in [2.45, 2.75) is 6.92 Å². The monoisotopic (exact) mass is 195 g/mol. The van der Waals surface area contributed by atoms with E-state index in [2.05, 4.69) is 0 Å². The molecule has 1 aromatic rings. The summed E-state index contributed by atoms with van der Waals surface area (Å²) >= 11 is 0. The van der Waals surface area contributed by atoms with Crippen LogP contribution in [-0.4, -0.2) is 16.2 Å². The number of carbonyl (C=O) groups is 1. The summed E-state index contributed by atoms with van der Waals surface area (Å²) in [6, 6.07) is 6.34. The van der Waals surface area contributed by atoms with Crippen molar-refractivity contribution in [1.82, 2.24) is 6.15 Å². The fraction of sp³-hybridized carbons (Fsp3) is 0.100. The molecular formula is C10H13NO3. The number of phenols is 1. The van der Waals surface area contributed by atoms with Crippen LogP contribution in [0.4, 0.5) is 0 Å². The fourth-order valence-electron chi connectivity index (χ4n) is 0.882. The van der Waals surface area contributed by atoms with Gasteiger partial charge >= 0.3 is 5.97 Å². The molecule has 14 heavy (non-hydrogen) atoms. The average molecular weight is 195 g/mol. The summed E-state index contributed by atoms with van der Waals surface area (Å²) in [7, 11) is 0. The molecule has 0 spiro atoms. The van der Waals surface area contributed by atoms with Gasteiger partial charge in [0.05, 0.1) is 0 Å². The molecule has 5 N–H and O–H groups in total. The molecule has 0 fully saturated rings. The lowest BCUT2D eigenvalue weighted by Gasteiger charge is -1.95. The van der Waals surface area contributed by atoms with Crippen LogP contribution in [0.2, 0.25) is 0 Å². The Labute approximate surface area is 82.1 Å². The molecule has 0 aliphatic carbocycles. The van der Waals surface area contributed by atoms with Gasteiger partial charge in [0, 0.05) is 5.57 Å². The number of rotatable bonds is 2. The highest BCUT2D eigenvalue weighted by atomic mass is 16.4. The smallest absolute Gasteiger partial charge is 0.331 e. The quantitative estimate of drug-likeness (QED) is 0.629. The van der Waals surface area contributed by atoms with Crippen LogP contribution in [0.1, 0.15) is 12.5 Å². The molecule has 0 saturated carbocycles. The second-order valence-electron chi connectivity index (χ2n) is 2.72. The lowest BCUT2D eigenvalue weighted by atomic mass is 10.1. The van der Waals surface area contributed by atoms with Crippen molar-refractivity contribution < 1.29 is 15.0 Å². The van der Waals surface area contributed by atoms with Gasteiger partial charge in [0.15, 0.2) is 0 Å². The Kier molecular flexibility index (Phi) is 4.38. The first-order valence-corrected chi connectivity index (χ1v) is 3.80. The van der Waals surface area contributed by atoms with Gasteiger partial charge < -0.3 is 16.4 Å². The van der Waals surface area contributed by atoms with Crippen LogP contribution in [-0.2, 0) is 4.79 Å². The molecule has 0 atom stereocenters. The van der Waals surface area contributed by atoms with Gasteiger partial charge in [-0.25, -0.2) is 4.79 Å². The summed E-state index contributed by atoms with van der Waals surface area (Å²) in [6.07, 6.45) is 1.54. The second-order valence-corrected chi connectivity index (χ2v) is 2.72. The predicted molar refractivity (Wildman–Crippen MR) is 54.4 cm³/mol. The van der Waals surface area contributed by atoms with Gasteiger partial charge in [-0.05, 0) is 30.7 Å². The van der Waals surface area contributed by atoms with Gasteiger partial charge in [0.2, 0.25) is 0 Å². The van der Waals surface area contributed by atoms with E-state index in [9.17, 15) is 4.79 Å². The average Bonchev–Trinajstić information content (AvgIpc) is 2.08. The topological polar surface area (TPSA) is 92.5 Å². The van der Waals surface area contributed by atoms with E-state index in [1.54, 1.807) is 18.2 Å². The molecule has 0 bridgehead atoms. The highest BCUT2D eigenvalue weighted by molar-refractivity contribution is 5.91. The number of hydrogen-bond acceptors (Lipinski definition) is 3. The zero-order valence-corrected chi connectivity index (χ0v) is 7.90. The normalized spacial score (nSPS) is 10.5. The first-order chi connectivity index (χ1) is 6.09. The summed E-state index contributed by atoms with van der Waals surface area (Å²) in [5, 5.41) is 17.5. The summed E-state index contributed by atoms with van der Waals surface area (Å²) in [6.45, 7) is 1.52. The number of carboxylic acid groups (broad SMARTS) is 1. The molecule has 4 nitrogen and oxygen atoms in total. The Morgan fingerprint density at radius 1 is 1.29 bits per heavy atom. The minimum absolute atomic E-state index is 0. The molecule has 0 aromatic heterocycles. The van der Waals surface area contributed by atoms with Crippen molar-refractivity contribution in [1.29, 1.82) is 0 Å². The third kappa shape index (κ3) is 3.28. The van der Waals surface area contributed by atoms with E-state index in [-0.39, 0.29) is 17.5 Å². The molecule has 0 amide bonds. The molecule has 0 radical (unpaired) electrons. The first kappa shape index (κ1) is 12.2. The predicted octanol–water partition coefficient (Wildman–Crippen LogP) is 2.04. The lowest BCUT2D eigenvalue weighted by molar-refractivity contribution is -0.132. The Hall–Kier alpha value is -1.81. The summed E-state index contributed by atoms with van der Waals surface area (Å²) in [5.41, 5.74) is 1.03. The zero-order valence-electron chi connectivity index (χ0n) is 7.90. The number of carboxylic acids is 1. The highest BCUT2D eigenvalue weighted by Gasteiger charge is 1.99. The Morgan fingerprint density at radius 3 is 2.21 bits per heavy atom. The molecule has 1 aromatic carbocycles. The maximum atomic E-state index is 10.5. The maximum absolute atomic E-state index is 10.5. The summed E-state index contributed by atoms with van der Waals surface area (Å²) in [4.78, 5) is 10.5. The van der Waals surface area contributed by atoms with E-state index in [1.165, 1.54) is 19.1 Å². The SMILES string of the molecule is CC(=Cc1ccc(O)cc1)C(=O)O.N. The molecule has 76 valence electrons. The van der Waals surface area contributed by atoms with Crippen LogP contribution >= 0.6 is 0 Å². The molecule has 0 unspecified atom stereocenters. The number of phenolic OH excluding ortho intramolecular Hbond substituents is 1. The molecule has 0 aliphatic heterocycles. The number of hydrogen-bond donors (Lipinski definition) is 3. The van der Waals surface area contributed by atoms with Gasteiger partial charge in [-0.2, -0.15) is 0 Å². The second kappa shape index (κ2) is 5.04. The maximum Gasteiger partial charge on any atom is 0.331 e. The molecule has 1 rings (SSSR count). The van der Waals surface area contributed by atoms with Crippen molar-refractivity contribution in [2.24, 2.45) is 0 Å². The van der Waals surface area contributed by atoms with Crippen molar-refractivity contribution in [3.63, 3.8) is 0 Å². The summed E-state index contributed by atoms with van der Waals surface area (Å²) < 4.78 is 0. The Bertz CT molecular complexity index is 341. The van der Waals surface area contributed by atoms with E-state index >= 15 is 0 Å². The Morgan fingerprint density at radius 2 is 1.79 bits per heavy atom. The third-order valence-electron chi connectivity index (χ3n) is 1.61. The largest absolute Gasteiger partial charge is 0.508 e. The van der Waals surface area contributed by atoms with Crippen LogP contribution in [0, 0.1) is 0 Å². The van der Waals surface area contributed by atoms with Crippen LogP contribution in [0.3, 0.4) is 0 Å². The van der Waals surface area contributed by atoms with Crippen molar-refractivity contribution >= 4 is 12.0 Å². The van der Waals surface area contributed by atoms with Gasteiger partial charge in [-0.1, -0.05) is 12.1 Å². The standard InChI is InChI=1S/C10H10O3.H3N/c1-7(10(12)13)6-8-2-4-9(11)5-3-8;/h2-6,11H,1H3,(H,12,13);1H3. The van der Waals surface area contributed by atoms with Gasteiger partial charge in [-0.3, -0.25) is 0 Å². The third-order valence-corrected chi connectivity index (χ3v) is 1.61. The van der Waals surface area contributed by atoms with E-state index < -0.39 is 5.97 Å². The molecule has 4 heteroatoms. The van der Waals surface area contributed by atoms with E-state index in [0.29, 0.717) is 0 Å². The van der Waals surface area contributed by atoms with Crippen LogP contribution < -0.4 is 6.15 Å². The van der Waals surface area contributed by atoms with Crippen LogP contribution in [0.25, 0.3) is 6.08 Å². The molecule has 0 heterocycles. The molecule has 0 aliphatic rings. The highest BCUT2D eigenvalue weighted by Crippen LogP contribution is 2.12. The number of aromatic hydroxyl groups is 1. The first-order valence-electron chi connectivity index (χ1n) is 3.80. The number of benzene rings is 1. The van der Waals surface area contributed by atoms with Crippen LogP contribution in [0.15, 0.2) is 29.8 Å². The zero-order chi connectivity index (χ0) is 9.84. The van der Waals surface area contributed by atoms with Crippen molar-refractivity contribution in [3.05, 3.63) is 35.4 Å². The lowest BCUT2D eigenvalue weighted by Crippen LogP contribution is -1.95. The van der Waals surface area contributed by atoms with Crippen molar-refractivity contribution in [2.75, 3.05) is 0 Å². The van der Waals surface area contributed by atoms with E-state index in [0.717, 1.165) is 5.56 Å². The number of aliphatic carboxylic acids is 1. The van der Waals surface area contributed by atoms with Gasteiger partial charge in [-0.15, -0.1) is 0 Å². The van der Waals surface area contributed by atoms with E-state index in [1.807, 2.05) is 0 Å². The fourth-order valence-corrected chi connectivity index (χ4v) is 0.882. The Balaban J connectivity index is 0.00000169. The van der Waals surface area contributed by atoms with Gasteiger partial charge in [0.25, 0.3) is 0 Å². The molecule has 0 saturated heterocycles. The van der Waals surface area contributed by atoms with Crippen LogP contribution in [0.5, 0.6) is 5.75 Å². The minimum Gasteiger partial charge on any atom is -0.508 e. The van der Waals surface area contributed by atoms with E-state index in [4.69, 9.17) is 10.2 Å². The summed E-state index contributed by atoms with van der Waals surface area (Å²) in [5.74, 6) is -0.766. The van der Waals surface area contributed by atoms with Gasteiger partial charge in [0.1, 0.15) is 5.75 Å².